The predicted molar refractivity (Wildman–Crippen MR) is 89.9 cm³/mol. The maximum absolute atomic E-state index is 12.8. The largest absolute Gasteiger partial charge is 0.378 e. The standard InChI is InChI=1S/C14H19N5O2S.ClH/c1-18-5-4-16-13(18)11-7-15-3-6-19(11)14(20)10-9-22-12(17-10)8-21-2;/h4-5,9,11,15H,3,6-8H2,1-2H3;1H. The summed E-state index contributed by atoms with van der Waals surface area (Å²) >= 11 is 1.45. The molecule has 0 radical (unpaired) electrons. The fourth-order valence-electron chi connectivity index (χ4n) is 2.62. The van der Waals surface area contributed by atoms with Crippen molar-refractivity contribution in [2.45, 2.75) is 12.6 Å². The predicted octanol–water partition coefficient (Wildman–Crippen LogP) is 1.23. The summed E-state index contributed by atoms with van der Waals surface area (Å²) in [7, 11) is 3.56. The number of aryl methyl sites for hydroxylation is 1. The number of rotatable bonds is 4. The van der Waals surface area contributed by atoms with E-state index in [4.69, 9.17) is 4.74 Å². The van der Waals surface area contributed by atoms with Crippen LogP contribution in [0.3, 0.4) is 0 Å². The summed E-state index contributed by atoms with van der Waals surface area (Å²) in [6.45, 7) is 2.56. The van der Waals surface area contributed by atoms with Crippen LogP contribution in [0.2, 0.25) is 0 Å². The molecule has 9 heteroatoms. The van der Waals surface area contributed by atoms with Gasteiger partial charge in [-0.25, -0.2) is 9.97 Å². The summed E-state index contributed by atoms with van der Waals surface area (Å²) in [6, 6.07) is -0.0752. The molecule has 23 heavy (non-hydrogen) atoms. The number of halogens is 1. The van der Waals surface area contributed by atoms with Crippen molar-refractivity contribution in [2.24, 2.45) is 7.05 Å². The van der Waals surface area contributed by atoms with Gasteiger partial charge in [-0.15, -0.1) is 23.7 Å². The molecule has 7 nitrogen and oxygen atoms in total. The minimum atomic E-state index is -0.0752. The Hall–Kier alpha value is -1.48. The molecule has 0 bridgehead atoms. The number of nitrogens with zero attached hydrogens (tertiary/aromatic N) is 4. The second kappa shape index (κ2) is 7.87. The van der Waals surface area contributed by atoms with Gasteiger partial charge in [0.05, 0.1) is 6.61 Å². The van der Waals surface area contributed by atoms with Crippen LogP contribution in [0.1, 0.15) is 27.4 Å². The molecule has 1 fully saturated rings. The molecule has 2 aromatic rings. The van der Waals surface area contributed by atoms with E-state index < -0.39 is 0 Å². The van der Waals surface area contributed by atoms with Crippen LogP contribution < -0.4 is 5.32 Å². The smallest absolute Gasteiger partial charge is 0.274 e. The van der Waals surface area contributed by atoms with Crippen molar-refractivity contribution in [3.05, 3.63) is 34.3 Å². The fraction of sp³-hybridized carbons (Fsp3) is 0.500. The molecule has 1 aliphatic rings. The zero-order valence-corrected chi connectivity index (χ0v) is 14.7. The van der Waals surface area contributed by atoms with Crippen LogP contribution >= 0.6 is 23.7 Å². The minimum absolute atomic E-state index is 0. The number of hydrogen-bond acceptors (Lipinski definition) is 6. The van der Waals surface area contributed by atoms with E-state index in [0.29, 0.717) is 25.4 Å². The Kier molecular flexibility index (Phi) is 6.11. The van der Waals surface area contributed by atoms with Gasteiger partial charge >= 0.3 is 0 Å². The zero-order valence-electron chi connectivity index (χ0n) is 13.1. The number of carbonyl (C=O) groups excluding carboxylic acids is 1. The molecule has 0 aliphatic carbocycles. The first kappa shape index (κ1) is 17.9. The Morgan fingerprint density at radius 3 is 3.09 bits per heavy atom. The third kappa shape index (κ3) is 3.72. The first-order valence-electron chi connectivity index (χ1n) is 7.13. The van der Waals surface area contributed by atoms with Gasteiger partial charge in [-0.05, 0) is 0 Å². The number of amides is 1. The summed E-state index contributed by atoms with van der Waals surface area (Å²) in [5.74, 6) is 0.834. The Bertz CT molecular complexity index is 659. The normalized spacial score (nSPS) is 17.8. The number of imidazole rings is 1. The van der Waals surface area contributed by atoms with Gasteiger partial charge in [0.2, 0.25) is 0 Å². The Labute approximate surface area is 145 Å². The van der Waals surface area contributed by atoms with Gasteiger partial charge in [-0.1, -0.05) is 0 Å². The average Bonchev–Trinajstić information content (AvgIpc) is 3.16. The fourth-order valence-corrected chi connectivity index (χ4v) is 3.36. The molecule has 3 heterocycles. The van der Waals surface area contributed by atoms with Crippen LogP contribution in [0, 0.1) is 0 Å². The first-order chi connectivity index (χ1) is 10.7. The number of nitrogens with one attached hydrogen (secondary N) is 1. The highest BCUT2D eigenvalue weighted by molar-refractivity contribution is 7.09. The van der Waals surface area contributed by atoms with Crippen molar-refractivity contribution in [1.29, 1.82) is 0 Å². The van der Waals surface area contributed by atoms with Crippen molar-refractivity contribution in [2.75, 3.05) is 26.7 Å². The van der Waals surface area contributed by atoms with Gasteiger partial charge in [-0.3, -0.25) is 4.79 Å². The molecule has 126 valence electrons. The molecule has 1 amide bonds. The quantitative estimate of drug-likeness (QED) is 0.891. The number of thiazole rings is 1. The van der Waals surface area contributed by atoms with Crippen molar-refractivity contribution >= 4 is 29.7 Å². The molecule has 1 saturated heterocycles. The Balaban J connectivity index is 0.00000192. The summed E-state index contributed by atoms with van der Waals surface area (Å²) < 4.78 is 7.02. The molecular formula is C14H20ClN5O2S. The van der Waals surface area contributed by atoms with Crippen LogP contribution in [0.25, 0.3) is 0 Å². The van der Waals surface area contributed by atoms with Gasteiger partial charge in [0.1, 0.15) is 22.6 Å². The molecule has 1 aliphatic heterocycles. The van der Waals surface area contributed by atoms with Gasteiger partial charge < -0.3 is 19.5 Å². The third-order valence-corrected chi connectivity index (χ3v) is 4.52. The van der Waals surface area contributed by atoms with E-state index in [2.05, 4.69) is 15.3 Å². The second-order valence-electron chi connectivity index (χ2n) is 5.17. The summed E-state index contributed by atoms with van der Waals surface area (Å²) in [6.07, 6.45) is 3.65. The van der Waals surface area contributed by atoms with Crippen LogP contribution in [-0.4, -0.2) is 52.1 Å². The van der Waals surface area contributed by atoms with Crippen LogP contribution in [0.4, 0.5) is 0 Å². The maximum Gasteiger partial charge on any atom is 0.274 e. The molecule has 0 aromatic carbocycles. The highest BCUT2D eigenvalue weighted by Gasteiger charge is 2.32. The number of hydrogen-bond donors (Lipinski definition) is 1. The molecule has 3 rings (SSSR count). The molecule has 0 spiro atoms. The molecule has 2 aromatic heterocycles. The van der Waals surface area contributed by atoms with E-state index in [0.717, 1.165) is 17.4 Å². The van der Waals surface area contributed by atoms with Gasteiger partial charge in [0.25, 0.3) is 5.91 Å². The van der Waals surface area contributed by atoms with E-state index in [-0.39, 0.29) is 24.4 Å². The van der Waals surface area contributed by atoms with E-state index in [1.54, 1.807) is 18.7 Å². The molecule has 1 unspecified atom stereocenters. The summed E-state index contributed by atoms with van der Waals surface area (Å²) in [5, 5.41) is 5.94. The van der Waals surface area contributed by atoms with E-state index in [1.807, 2.05) is 22.7 Å². The van der Waals surface area contributed by atoms with Crippen molar-refractivity contribution < 1.29 is 9.53 Å². The van der Waals surface area contributed by atoms with Crippen molar-refractivity contribution in [3.63, 3.8) is 0 Å². The molecule has 1 atom stereocenters. The summed E-state index contributed by atoms with van der Waals surface area (Å²) in [5.41, 5.74) is 0.484. The van der Waals surface area contributed by atoms with E-state index in [1.165, 1.54) is 11.3 Å². The second-order valence-corrected chi connectivity index (χ2v) is 6.12. The van der Waals surface area contributed by atoms with Crippen LogP contribution in [-0.2, 0) is 18.4 Å². The molecule has 1 N–H and O–H groups in total. The topological polar surface area (TPSA) is 72.3 Å². The minimum Gasteiger partial charge on any atom is -0.378 e. The lowest BCUT2D eigenvalue weighted by Crippen LogP contribution is -2.49. The molecule has 0 saturated carbocycles. The highest BCUT2D eigenvalue weighted by atomic mass is 35.5. The number of carbonyl (C=O) groups is 1. The monoisotopic (exact) mass is 357 g/mol. The number of methoxy groups -OCH3 is 1. The van der Waals surface area contributed by atoms with Gasteiger partial charge in [0, 0.05) is 51.6 Å². The highest BCUT2D eigenvalue weighted by Crippen LogP contribution is 2.23. The number of piperazine rings is 1. The third-order valence-electron chi connectivity index (χ3n) is 3.70. The number of ether oxygens (including phenoxy) is 1. The lowest BCUT2D eigenvalue weighted by molar-refractivity contribution is 0.0615. The van der Waals surface area contributed by atoms with Crippen molar-refractivity contribution in [1.82, 2.24) is 24.8 Å². The molecular weight excluding hydrogens is 338 g/mol. The summed E-state index contributed by atoms with van der Waals surface area (Å²) in [4.78, 5) is 23.4. The lowest BCUT2D eigenvalue weighted by Gasteiger charge is -2.35. The van der Waals surface area contributed by atoms with Crippen molar-refractivity contribution in [3.8, 4) is 0 Å². The first-order valence-corrected chi connectivity index (χ1v) is 8.01. The zero-order chi connectivity index (χ0) is 15.5. The number of aromatic nitrogens is 3. The lowest BCUT2D eigenvalue weighted by atomic mass is 10.1. The van der Waals surface area contributed by atoms with E-state index in [9.17, 15) is 4.79 Å². The van der Waals surface area contributed by atoms with Crippen LogP contribution in [0.15, 0.2) is 17.8 Å². The van der Waals surface area contributed by atoms with Crippen LogP contribution in [0.5, 0.6) is 0 Å². The van der Waals surface area contributed by atoms with Gasteiger partial charge in [-0.2, -0.15) is 0 Å². The van der Waals surface area contributed by atoms with E-state index >= 15 is 0 Å². The SMILES string of the molecule is COCc1nc(C(=O)N2CCNCC2c2nccn2C)cs1.Cl. The Morgan fingerprint density at radius 1 is 1.57 bits per heavy atom. The maximum atomic E-state index is 12.8. The van der Waals surface area contributed by atoms with Gasteiger partial charge in [0.15, 0.2) is 0 Å². The Morgan fingerprint density at radius 2 is 2.39 bits per heavy atom. The average molecular weight is 358 g/mol.